The highest BCUT2D eigenvalue weighted by Gasteiger charge is 2.34. The first-order valence-electron chi connectivity index (χ1n) is 5.01. The zero-order chi connectivity index (χ0) is 14.1. The predicted molar refractivity (Wildman–Crippen MR) is 56.6 cm³/mol. The van der Waals surface area contributed by atoms with Crippen LogP contribution in [0.3, 0.4) is 0 Å². The van der Waals surface area contributed by atoms with Gasteiger partial charge in [-0.05, 0) is 32.9 Å². The molecule has 1 heterocycles. The van der Waals surface area contributed by atoms with Crippen LogP contribution in [0.1, 0.15) is 36.8 Å². The summed E-state index contributed by atoms with van der Waals surface area (Å²) in [6, 6.07) is 1.44. The molecule has 0 aliphatic rings. The van der Waals surface area contributed by atoms with Crippen molar-refractivity contribution in [1.82, 2.24) is 4.98 Å². The minimum Gasteiger partial charge on any atom is -0.477 e. The summed E-state index contributed by atoms with van der Waals surface area (Å²) in [7, 11) is 0. The van der Waals surface area contributed by atoms with E-state index in [0.29, 0.717) is 6.07 Å². The molecule has 0 spiro atoms. The molecule has 1 N–H and O–H groups in total. The fourth-order valence-electron chi connectivity index (χ4n) is 1.13. The van der Waals surface area contributed by atoms with Crippen LogP contribution in [0.4, 0.5) is 13.2 Å². The van der Waals surface area contributed by atoms with Gasteiger partial charge in [0.15, 0.2) is 0 Å². The number of hydrogen-bond acceptors (Lipinski definition) is 3. The Morgan fingerprint density at radius 3 is 2.22 bits per heavy atom. The van der Waals surface area contributed by atoms with Crippen molar-refractivity contribution in [3.63, 3.8) is 0 Å². The second kappa shape index (κ2) is 4.47. The molecular formula is C11H12F3NO3. The predicted octanol–water partition coefficient (Wildman–Crippen LogP) is 2.98. The van der Waals surface area contributed by atoms with E-state index in [1.807, 2.05) is 0 Å². The third kappa shape index (κ3) is 3.61. The zero-order valence-electron chi connectivity index (χ0n) is 10.00. The maximum absolute atomic E-state index is 12.5. The van der Waals surface area contributed by atoms with Crippen LogP contribution in [-0.2, 0) is 6.18 Å². The minimum absolute atomic E-state index is 0.405. The topological polar surface area (TPSA) is 59.4 Å². The summed E-state index contributed by atoms with van der Waals surface area (Å²) in [5.41, 5.74) is -2.44. The monoisotopic (exact) mass is 263 g/mol. The number of aromatic carboxylic acids is 1. The van der Waals surface area contributed by atoms with Crippen molar-refractivity contribution in [2.24, 2.45) is 0 Å². The molecule has 1 rings (SSSR count). The van der Waals surface area contributed by atoms with E-state index in [1.165, 1.54) is 0 Å². The number of carboxylic acids is 1. The fraction of sp³-hybridized carbons (Fsp3) is 0.455. The molecule has 4 nitrogen and oxygen atoms in total. The van der Waals surface area contributed by atoms with Crippen LogP contribution in [0, 0.1) is 0 Å². The second-order valence-corrected chi connectivity index (χ2v) is 4.57. The van der Waals surface area contributed by atoms with Gasteiger partial charge in [0.2, 0.25) is 5.88 Å². The number of aromatic nitrogens is 1. The van der Waals surface area contributed by atoms with Crippen LogP contribution in [0.2, 0.25) is 0 Å². The van der Waals surface area contributed by atoms with Crippen LogP contribution >= 0.6 is 0 Å². The number of halogens is 3. The van der Waals surface area contributed by atoms with E-state index < -0.39 is 34.9 Å². The van der Waals surface area contributed by atoms with Crippen LogP contribution in [0.15, 0.2) is 12.1 Å². The molecule has 100 valence electrons. The molecule has 7 heteroatoms. The molecule has 1 aromatic heterocycles. The standard InChI is InChI=1S/C11H12F3NO3/c1-10(2,3)18-8-6(9(16)17)4-5-7(15-8)11(12,13)14/h4-5H,1-3H3,(H,16,17). The Hall–Kier alpha value is -1.79. The molecule has 0 saturated carbocycles. The Kier molecular flexibility index (Phi) is 3.54. The Morgan fingerprint density at radius 2 is 1.83 bits per heavy atom. The Balaban J connectivity index is 3.29. The summed E-state index contributed by atoms with van der Waals surface area (Å²) < 4.78 is 42.5. The van der Waals surface area contributed by atoms with Crippen LogP contribution in [0.5, 0.6) is 5.88 Å². The highest BCUT2D eigenvalue weighted by molar-refractivity contribution is 5.90. The number of hydrogen-bond donors (Lipinski definition) is 1. The van der Waals surface area contributed by atoms with E-state index in [0.717, 1.165) is 6.07 Å². The summed E-state index contributed by atoms with van der Waals surface area (Å²) in [5.74, 6) is -1.93. The number of ether oxygens (including phenoxy) is 1. The zero-order valence-corrected chi connectivity index (χ0v) is 10.00. The van der Waals surface area contributed by atoms with Crippen molar-refractivity contribution in [3.8, 4) is 5.88 Å². The summed E-state index contributed by atoms with van der Waals surface area (Å²) >= 11 is 0. The molecule has 0 aliphatic heterocycles. The maximum Gasteiger partial charge on any atom is 0.433 e. The third-order valence-corrected chi connectivity index (χ3v) is 1.78. The molecule has 0 saturated heterocycles. The highest BCUT2D eigenvalue weighted by Crippen LogP contribution is 2.31. The van der Waals surface area contributed by atoms with Gasteiger partial charge in [-0.15, -0.1) is 0 Å². The lowest BCUT2D eigenvalue weighted by atomic mass is 10.2. The molecule has 0 radical (unpaired) electrons. The summed E-state index contributed by atoms with van der Waals surface area (Å²) in [4.78, 5) is 14.1. The molecule has 0 bridgehead atoms. The lowest BCUT2D eigenvalue weighted by Crippen LogP contribution is -2.25. The molecule has 0 fully saturated rings. The van der Waals surface area contributed by atoms with Gasteiger partial charge in [-0.3, -0.25) is 0 Å². The van der Waals surface area contributed by atoms with Gasteiger partial charge in [-0.1, -0.05) is 0 Å². The molecule has 0 aliphatic carbocycles. The van der Waals surface area contributed by atoms with E-state index in [2.05, 4.69) is 4.98 Å². The molecule has 18 heavy (non-hydrogen) atoms. The van der Waals surface area contributed by atoms with Gasteiger partial charge in [0.05, 0.1) is 0 Å². The molecule has 0 aromatic carbocycles. The van der Waals surface area contributed by atoms with Crippen LogP contribution < -0.4 is 4.74 Å². The third-order valence-electron chi connectivity index (χ3n) is 1.78. The van der Waals surface area contributed by atoms with Crippen molar-refractivity contribution in [2.75, 3.05) is 0 Å². The van der Waals surface area contributed by atoms with Crippen molar-refractivity contribution < 1.29 is 27.8 Å². The summed E-state index contributed by atoms with van der Waals surface area (Å²) in [5, 5.41) is 8.85. The van der Waals surface area contributed by atoms with Gasteiger partial charge in [0.25, 0.3) is 0 Å². The van der Waals surface area contributed by atoms with Gasteiger partial charge < -0.3 is 9.84 Å². The molecule has 0 atom stereocenters. The average molecular weight is 263 g/mol. The first kappa shape index (κ1) is 14.3. The van der Waals surface area contributed by atoms with Gasteiger partial charge in [-0.25, -0.2) is 9.78 Å². The van der Waals surface area contributed by atoms with Gasteiger partial charge in [0.1, 0.15) is 16.9 Å². The second-order valence-electron chi connectivity index (χ2n) is 4.57. The minimum atomic E-state index is -4.65. The molecule has 0 unspecified atom stereocenters. The van der Waals surface area contributed by atoms with Crippen LogP contribution in [0.25, 0.3) is 0 Å². The normalized spacial score (nSPS) is 12.3. The van der Waals surface area contributed by atoms with Crippen LogP contribution in [-0.4, -0.2) is 21.7 Å². The summed E-state index contributed by atoms with van der Waals surface area (Å²) in [6.45, 7) is 4.75. The lowest BCUT2D eigenvalue weighted by Gasteiger charge is -2.22. The highest BCUT2D eigenvalue weighted by atomic mass is 19.4. The van der Waals surface area contributed by atoms with E-state index in [-0.39, 0.29) is 0 Å². The first-order chi connectivity index (χ1) is 8.00. The van der Waals surface area contributed by atoms with Crippen molar-refractivity contribution >= 4 is 5.97 Å². The Bertz CT molecular complexity index is 464. The molecule has 1 aromatic rings. The number of carboxylic acid groups (broad SMARTS) is 1. The van der Waals surface area contributed by atoms with E-state index >= 15 is 0 Å². The number of pyridine rings is 1. The largest absolute Gasteiger partial charge is 0.477 e. The molecule has 0 amide bonds. The van der Waals surface area contributed by atoms with Crippen molar-refractivity contribution in [3.05, 3.63) is 23.4 Å². The lowest BCUT2D eigenvalue weighted by molar-refractivity contribution is -0.141. The number of alkyl halides is 3. The first-order valence-corrected chi connectivity index (χ1v) is 5.01. The number of rotatable bonds is 2. The maximum atomic E-state index is 12.5. The van der Waals surface area contributed by atoms with Gasteiger partial charge >= 0.3 is 12.1 Å². The van der Waals surface area contributed by atoms with E-state index in [4.69, 9.17) is 9.84 Å². The average Bonchev–Trinajstić information content (AvgIpc) is 2.12. The Labute approximate surface area is 101 Å². The van der Waals surface area contributed by atoms with Crippen molar-refractivity contribution in [1.29, 1.82) is 0 Å². The molecular weight excluding hydrogens is 251 g/mol. The summed E-state index contributed by atoms with van der Waals surface area (Å²) in [6.07, 6.45) is -4.65. The quantitative estimate of drug-likeness (QED) is 0.891. The van der Waals surface area contributed by atoms with Gasteiger partial charge in [0, 0.05) is 0 Å². The fourth-order valence-corrected chi connectivity index (χ4v) is 1.13. The Morgan fingerprint density at radius 1 is 1.28 bits per heavy atom. The van der Waals surface area contributed by atoms with E-state index in [1.54, 1.807) is 20.8 Å². The van der Waals surface area contributed by atoms with Gasteiger partial charge in [-0.2, -0.15) is 13.2 Å². The van der Waals surface area contributed by atoms with E-state index in [9.17, 15) is 18.0 Å². The smallest absolute Gasteiger partial charge is 0.433 e. The SMILES string of the molecule is CC(C)(C)Oc1nc(C(F)(F)F)ccc1C(=O)O. The van der Waals surface area contributed by atoms with Crippen molar-refractivity contribution in [2.45, 2.75) is 32.5 Å². The number of nitrogens with zero attached hydrogens (tertiary/aromatic N) is 1. The number of carbonyl (C=O) groups is 1.